The van der Waals surface area contributed by atoms with Gasteiger partial charge in [0.25, 0.3) is 5.91 Å². The summed E-state index contributed by atoms with van der Waals surface area (Å²) in [6, 6.07) is 3.55. The van der Waals surface area contributed by atoms with Crippen molar-refractivity contribution in [2.75, 3.05) is 30.3 Å². The van der Waals surface area contributed by atoms with E-state index in [-0.39, 0.29) is 19.0 Å². The van der Waals surface area contributed by atoms with E-state index in [2.05, 4.69) is 17.2 Å². The van der Waals surface area contributed by atoms with Gasteiger partial charge in [-0.25, -0.2) is 17.6 Å². The minimum atomic E-state index is -3.82. The summed E-state index contributed by atoms with van der Waals surface area (Å²) in [4.78, 5) is 36.8. The van der Waals surface area contributed by atoms with Crippen LogP contribution in [0.15, 0.2) is 29.8 Å². The number of imide groups is 1. The molecular formula is C22H23FN4O5S. The number of anilines is 1. The number of carbonyl (C=O) groups excluding carboxylic acids is 3. The molecule has 2 saturated heterocycles. The lowest BCUT2D eigenvalue weighted by molar-refractivity contribution is -0.122. The Morgan fingerprint density at radius 1 is 1.12 bits per heavy atom. The Hall–Kier alpha value is -3.23. The fourth-order valence-corrected chi connectivity index (χ4v) is 5.82. The molecular weight excluding hydrogens is 451 g/mol. The Kier molecular flexibility index (Phi) is 5.99. The number of hydrogen-bond donors (Lipinski definition) is 2. The fraction of sp³-hybridized carbons (Fsp3) is 0.409. The third kappa shape index (κ3) is 4.91. The van der Waals surface area contributed by atoms with E-state index >= 15 is 0 Å². The number of carbonyl (C=O) groups is 3. The Labute approximate surface area is 191 Å². The molecule has 0 saturated carbocycles. The molecule has 3 aliphatic heterocycles. The molecule has 174 valence electrons. The molecule has 4 rings (SSSR count). The Morgan fingerprint density at radius 3 is 2.52 bits per heavy atom. The van der Waals surface area contributed by atoms with Crippen molar-refractivity contribution in [2.45, 2.75) is 31.7 Å². The molecule has 0 unspecified atom stereocenters. The van der Waals surface area contributed by atoms with Gasteiger partial charge in [-0.05, 0) is 38.0 Å². The van der Waals surface area contributed by atoms with Crippen LogP contribution in [0.2, 0.25) is 0 Å². The lowest BCUT2D eigenvalue weighted by atomic mass is 10.1. The van der Waals surface area contributed by atoms with Gasteiger partial charge in [0.15, 0.2) is 0 Å². The van der Waals surface area contributed by atoms with E-state index in [0.29, 0.717) is 36.2 Å². The van der Waals surface area contributed by atoms with Gasteiger partial charge >= 0.3 is 6.03 Å². The first-order valence-electron chi connectivity index (χ1n) is 10.5. The molecule has 0 radical (unpaired) electrons. The zero-order chi connectivity index (χ0) is 23.8. The lowest BCUT2D eigenvalue weighted by Crippen LogP contribution is -2.52. The summed E-state index contributed by atoms with van der Waals surface area (Å²) in [6.45, 7) is 2.17. The first kappa shape index (κ1) is 22.9. The van der Waals surface area contributed by atoms with E-state index in [1.807, 2.05) is 5.32 Å². The largest absolute Gasteiger partial charge is 0.322 e. The molecule has 1 aromatic rings. The minimum Gasteiger partial charge on any atom is -0.322 e. The van der Waals surface area contributed by atoms with Crippen LogP contribution in [0.5, 0.6) is 0 Å². The summed E-state index contributed by atoms with van der Waals surface area (Å²) in [5.41, 5.74) is 0.0957. The van der Waals surface area contributed by atoms with Crippen molar-refractivity contribution in [3.05, 3.63) is 41.2 Å². The normalized spacial score (nSPS) is 23.6. The number of nitrogens with one attached hydrogen (secondary N) is 2. The van der Waals surface area contributed by atoms with Gasteiger partial charge in [-0.2, -0.15) is 4.31 Å². The topological polar surface area (TPSA) is 116 Å². The van der Waals surface area contributed by atoms with Crippen molar-refractivity contribution >= 4 is 33.6 Å². The number of halogens is 1. The minimum absolute atomic E-state index is 0.0423. The van der Waals surface area contributed by atoms with Crippen LogP contribution in [0.3, 0.4) is 0 Å². The summed E-state index contributed by atoms with van der Waals surface area (Å²) in [7, 11) is -3.82. The van der Waals surface area contributed by atoms with Crippen molar-refractivity contribution in [1.82, 2.24) is 14.9 Å². The average Bonchev–Trinajstić information content (AvgIpc) is 3.27. The molecule has 3 heterocycles. The van der Waals surface area contributed by atoms with Crippen LogP contribution in [-0.4, -0.2) is 61.5 Å². The molecule has 2 fully saturated rings. The number of nitrogens with zero attached hydrogens (tertiary/aromatic N) is 2. The van der Waals surface area contributed by atoms with Gasteiger partial charge < -0.3 is 10.2 Å². The van der Waals surface area contributed by atoms with Crippen LogP contribution in [0.25, 0.3) is 0 Å². The summed E-state index contributed by atoms with van der Waals surface area (Å²) < 4.78 is 40.8. The summed E-state index contributed by atoms with van der Waals surface area (Å²) in [5, 5.41) is 4.41. The van der Waals surface area contributed by atoms with Gasteiger partial charge in [0.05, 0.1) is 5.75 Å². The average molecular weight is 475 g/mol. The monoisotopic (exact) mass is 474 g/mol. The maximum Gasteiger partial charge on any atom is 0.322 e. The Morgan fingerprint density at radius 2 is 1.91 bits per heavy atom. The number of amides is 4. The second kappa shape index (κ2) is 8.61. The van der Waals surface area contributed by atoms with E-state index in [1.165, 1.54) is 23.4 Å². The van der Waals surface area contributed by atoms with Crippen LogP contribution >= 0.6 is 0 Å². The second-order valence-corrected chi connectivity index (χ2v) is 10.4. The zero-order valence-corrected chi connectivity index (χ0v) is 18.8. The van der Waals surface area contributed by atoms with Crippen LogP contribution in [0.1, 0.15) is 31.7 Å². The molecule has 1 atom stereocenters. The van der Waals surface area contributed by atoms with Crippen LogP contribution in [0, 0.1) is 17.7 Å². The van der Waals surface area contributed by atoms with E-state index < -0.39 is 39.1 Å². The number of hydrogen-bond acceptors (Lipinski definition) is 5. The predicted molar refractivity (Wildman–Crippen MR) is 118 cm³/mol. The maximum absolute atomic E-state index is 14.1. The summed E-state index contributed by atoms with van der Waals surface area (Å²) in [5.74, 6) is 4.10. The van der Waals surface area contributed by atoms with Gasteiger partial charge in [0.2, 0.25) is 15.9 Å². The Bertz CT molecular complexity index is 1230. The highest BCUT2D eigenvalue weighted by atomic mass is 32.2. The third-order valence-corrected chi connectivity index (χ3v) is 7.85. The fourth-order valence-electron chi connectivity index (χ4n) is 4.03. The standard InChI is InChI=1S/C22H23FN4O5S/c1-22(20(29)24-21(30)25-22)14-33(31,32)26-9-6-15(7-10-26)4-5-16-11-17(23)13-18(12-16)27-8-2-3-19(27)28/h6,11-13H,2-3,7-10,14H2,1H3,(H2,24,25,29,30)/t22-/m1/s1. The van der Waals surface area contributed by atoms with Gasteiger partial charge in [-0.15, -0.1) is 0 Å². The van der Waals surface area contributed by atoms with Gasteiger partial charge in [-0.3, -0.25) is 14.9 Å². The summed E-state index contributed by atoms with van der Waals surface area (Å²) in [6.07, 6.45) is 3.21. The maximum atomic E-state index is 14.1. The molecule has 33 heavy (non-hydrogen) atoms. The zero-order valence-electron chi connectivity index (χ0n) is 18.0. The number of rotatable bonds is 4. The summed E-state index contributed by atoms with van der Waals surface area (Å²) >= 11 is 0. The molecule has 3 aliphatic rings. The van der Waals surface area contributed by atoms with Crippen LogP contribution in [0.4, 0.5) is 14.9 Å². The number of urea groups is 1. The van der Waals surface area contributed by atoms with Gasteiger partial charge in [0.1, 0.15) is 11.4 Å². The van der Waals surface area contributed by atoms with Gasteiger partial charge in [0, 0.05) is 42.9 Å². The molecule has 9 nitrogen and oxygen atoms in total. The van der Waals surface area contributed by atoms with Gasteiger partial charge in [-0.1, -0.05) is 17.9 Å². The van der Waals surface area contributed by atoms with Crippen LogP contribution < -0.4 is 15.5 Å². The molecule has 0 spiro atoms. The van der Waals surface area contributed by atoms with Crippen LogP contribution in [-0.2, 0) is 19.6 Å². The molecule has 0 aliphatic carbocycles. The first-order valence-corrected chi connectivity index (χ1v) is 12.1. The van der Waals surface area contributed by atoms with Crippen molar-refractivity contribution in [3.63, 3.8) is 0 Å². The Balaban J connectivity index is 1.44. The number of sulfonamides is 1. The van der Waals surface area contributed by atoms with Crippen molar-refractivity contribution < 1.29 is 27.2 Å². The molecule has 11 heteroatoms. The number of benzene rings is 1. The highest BCUT2D eigenvalue weighted by molar-refractivity contribution is 7.89. The first-order chi connectivity index (χ1) is 15.6. The SMILES string of the molecule is C[C@]1(CS(=O)(=O)N2CC=C(C#Cc3cc(F)cc(N4CCCC4=O)c3)CC2)NC(=O)NC1=O. The smallest absolute Gasteiger partial charge is 0.322 e. The quantitative estimate of drug-likeness (QED) is 0.496. The van der Waals surface area contributed by atoms with Crippen molar-refractivity contribution in [1.29, 1.82) is 0 Å². The highest BCUT2D eigenvalue weighted by Gasteiger charge is 2.46. The van der Waals surface area contributed by atoms with E-state index in [1.54, 1.807) is 17.0 Å². The molecule has 0 aromatic heterocycles. The molecule has 2 N–H and O–H groups in total. The molecule has 0 bridgehead atoms. The second-order valence-electron chi connectivity index (χ2n) is 8.43. The van der Waals surface area contributed by atoms with Crippen molar-refractivity contribution in [3.8, 4) is 11.8 Å². The predicted octanol–water partition coefficient (Wildman–Crippen LogP) is 0.864. The van der Waals surface area contributed by atoms with E-state index in [0.717, 1.165) is 6.42 Å². The van der Waals surface area contributed by atoms with Crippen molar-refractivity contribution in [2.24, 2.45) is 0 Å². The molecule has 4 amide bonds. The lowest BCUT2D eigenvalue weighted by Gasteiger charge is -2.28. The van der Waals surface area contributed by atoms with E-state index in [4.69, 9.17) is 0 Å². The van der Waals surface area contributed by atoms with E-state index in [9.17, 15) is 27.2 Å². The highest BCUT2D eigenvalue weighted by Crippen LogP contribution is 2.24. The third-order valence-electron chi connectivity index (χ3n) is 5.79. The molecule has 1 aromatic carbocycles.